The fraction of sp³-hybridized carbons (Fsp3) is 0.409. The molecule has 0 radical (unpaired) electrons. The summed E-state index contributed by atoms with van der Waals surface area (Å²) < 4.78 is 32.0. The van der Waals surface area contributed by atoms with E-state index in [1.165, 1.54) is 0 Å². The molecular formula is C22H28N6O2S2. The number of benzene rings is 1. The minimum atomic E-state index is -3.49. The molecule has 0 amide bonds. The third kappa shape index (κ3) is 4.54. The van der Waals surface area contributed by atoms with Gasteiger partial charge in [0.2, 0.25) is 10.0 Å². The molecule has 1 aromatic carbocycles. The van der Waals surface area contributed by atoms with Crippen molar-refractivity contribution in [2.24, 2.45) is 7.05 Å². The highest BCUT2D eigenvalue weighted by Gasteiger charge is 2.29. The maximum Gasteiger partial charge on any atom is 0.243 e. The Kier molecular flexibility index (Phi) is 6.57. The molecule has 0 unspecified atom stereocenters. The van der Waals surface area contributed by atoms with Crippen LogP contribution in [0.15, 0.2) is 53.7 Å². The van der Waals surface area contributed by atoms with Gasteiger partial charge in [0.15, 0.2) is 10.6 Å². The van der Waals surface area contributed by atoms with E-state index in [0.717, 1.165) is 17.0 Å². The van der Waals surface area contributed by atoms with Gasteiger partial charge in [-0.1, -0.05) is 26.0 Å². The first-order chi connectivity index (χ1) is 15.3. The fourth-order valence-electron chi connectivity index (χ4n) is 3.81. The third-order valence-corrected chi connectivity index (χ3v) is 8.23. The highest BCUT2D eigenvalue weighted by molar-refractivity contribution is 7.89. The Labute approximate surface area is 194 Å². The molecule has 3 aromatic rings. The summed E-state index contributed by atoms with van der Waals surface area (Å²) in [5, 5.41) is 4.69. The van der Waals surface area contributed by atoms with Gasteiger partial charge >= 0.3 is 0 Å². The lowest BCUT2D eigenvalue weighted by Crippen LogP contribution is -2.48. The van der Waals surface area contributed by atoms with Crippen LogP contribution in [0.3, 0.4) is 0 Å². The Morgan fingerprint density at radius 1 is 1.00 bits per heavy atom. The van der Waals surface area contributed by atoms with Crippen LogP contribution < -0.4 is 0 Å². The average Bonchev–Trinajstić information content (AvgIpc) is 3.08. The van der Waals surface area contributed by atoms with Gasteiger partial charge < -0.3 is 4.57 Å². The second kappa shape index (κ2) is 9.22. The van der Waals surface area contributed by atoms with Gasteiger partial charge in [-0.2, -0.15) is 9.40 Å². The van der Waals surface area contributed by atoms with Crippen LogP contribution in [0.2, 0.25) is 0 Å². The van der Waals surface area contributed by atoms with Crippen molar-refractivity contribution in [2.45, 2.75) is 31.3 Å². The molecule has 2 aromatic heterocycles. The van der Waals surface area contributed by atoms with Crippen LogP contribution in [0.4, 0.5) is 0 Å². The summed E-state index contributed by atoms with van der Waals surface area (Å²) in [5.74, 6) is 1.15. The number of sulfonamides is 1. The molecule has 1 aliphatic heterocycles. The average molecular weight is 473 g/mol. The van der Waals surface area contributed by atoms with Crippen LogP contribution in [0.25, 0.3) is 11.4 Å². The van der Waals surface area contributed by atoms with E-state index >= 15 is 0 Å². The van der Waals surface area contributed by atoms with E-state index in [4.69, 9.17) is 12.2 Å². The number of piperazine rings is 1. The Morgan fingerprint density at radius 2 is 1.62 bits per heavy atom. The zero-order valence-electron chi connectivity index (χ0n) is 18.5. The van der Waals surface area contributed by atoms with Crippen molar-refractivity contribution in [1.82, 2.24) is 28.5 Å². The molecule has 0 spiro atoms. The quantitative estimate of drug-likeness (QED) is 0.513. The van der Waals surface area contributed by atoms with E-state index < -0.39 is 10.0 Å². The molecule has 8 nitrogen and oxygen atoms in total. The SMILES string of the molecule is CC(C)c1ccc(S(=O)(=O)N2CCN(Cn3nc(-c4ccncc4)n(C)c3=S)CC2)cc1. The molecule has 4 rings (SSSR count). The molecule has 32 heavy (non-hydrogen) atoms. The van der Waals surface area contributed by atoms with Crippen molar-refractivity contribution < 1.29 is 8.42 Å². The molecule has 0 atom stereocenters. The van der Waals surface area contributed by atoms with E-state index in [2.05, 4.69) is 28.8 Å². The summed E-state index contributed by atoms with van der Waals surface area (Å²) in [5.41, 5.74) is 2.08. The predicted molar refractivity (Wildman–Crippen MR) is 126 cm³/mol. The number of aromatic nitrogens is 4. The molecule has 0 N–H and O–H groups in total. The van der Waals surface area contributed by atoms with E-state index in [1.54, 1.807) is 33.5 Å². The number of rotatable bonds is 6. The van der Waals surface area contributed by atoms with Crippen LogP contribution in [-0.4, -0.2) is 63.1 Å². The summed E-state index contributed by atoms with van der Waals surface area (Å²) in [4.78, 5) is 6.58. The second-order valence-electron chi connectivity index (χ2n) is 8.29. The van der Waals surface area contributed by atoms with Crippen LogP contribution in [0.1, 0.15) is 25.3 Å². The monoisotopic (exact) mass is 472 g/mol. The number of hydrogen-bond acceptors (Lipinski definition) is 6. The maximum atomic E-state index is 13.1. The molecule has 0 aliphatic carbocycles. The van der Waals surface area contributed by atoms with Gasteiger partial charge in [0.25, 0.3) is 0 Å². The van der Waals surface area contributed by atoms with Crippen molar-refractivity contribution in [3.05, 3.63) is 59.1 Å². The van der Waals surface area contributed by atoms with Crippen LogP contribution >= 0.6 is 12.2 Å². The molecular weight excluding hydrogens is 444 g/mol. The molecule has 10 heteroatoms. The Bertz CT molecular complexity index is 1230. The summed E-state index contributed by atoms with van der Waals surface area (Å²) in [7, 11) is -1.59. The zero-order chi connectivity index (χ0) is 22.9. The molecule has 0 saturated carbocycles. The van der Waals surface area contributed by atoms with Gasteiger partial charge in [-0.3, -0.25) is 9.88 Å². The minimum Gasteiger partial charge on any atom is -0.303 e. The molecule has 3 heterocycles. The number of hydrogen-bond donors (Lipinski definition) is 0. The van der Waals surface area contributed by atoms with Crippen molar-refractivity contribution >= 4 is 22.2 Å². The van der Waals surface area contributed by atoms with E-state index in [0.29, 0.717) is 48.4 Å². The predicted octanol–water partition coefficient (Wildman–Crippen LogP) is 3.10. The van der Waals surface area contributed by atoms with Crippen LogP contribution in [-0.2, 0) is 23.7 Å². The topological polar surface area (TPSA) is 76.3 Å². The molecule has 1 saturated heterocycles. The number of nitrogens with zero attached hydrogens (tertiary/aromatic N) is 6. The summed E-state index contributed by atoms with van der Waals surface area (Å²) in [6.45, 7) is 6.82. The lowest BCUT2D eigenvalue weighted by Gasteiger charge is -2.33. The largest absolute Gasteiger partial charge is 0.303 e. The highest BCUT2D eigenvalue weighted by atomic mass is 32.2. The third-order valence-electron chi connectivity index (χ3n) is 5.83. The molecule has 170 valence electrons. The Morgan fingerprint density at radius 3 is 2.22 bits per heavy atom. The zero-order valence-corrected chi connectivity index (χ0v) is 20.2. The van der Waals surface area contributed by atoms with E-state index in [1.807, 2.05) is 35.9 Å². The standard InChI is InChI=1S/C22H28N6O2S2/c1-17(2)18-4-6-20(7-5-18)32(29,30)27-14-12-26(13-15-27)16-28-22(31)25(3)21(24-28)19-8-10-23-11-9-19/h4-11,17H,12-16H2,1-3H3. The van der Waals surface area contributed by atoms with Crippen molar-refractivity contribution in [1.29, 1.82) is 0 Å². The second-order valence-corrected chi connectivity index (χ2v) is 10.6. The lowest BCUT2D eigenvalue weighted by atomic mass is 10.0. The summed E-state index contributed by atoms with van der Waals surface area (Å²) in [6, 6.07) is 11.0. The van der Waals surface area contributed by atoms with Gasteiger partial charge in [-0.15, -0.1) is 0 Å². The number of pyridine rings is 1. The fourth-order valence-corrected chi connectivity index (χ4v) is 5.41. The van der Waals surface area contributed by atoms with Gasteiger partial charge in [0.05, 0.1) is 11.6 Å². The van der Waals surface area contributed by atoms with Crippen LogP contribution in [0, 0.1) is 4.77 Å². The first-order valence-corrected chi connectivity index (χ1v) is 12.5. The van der Waals surface area contributed by atoms with Crippen molar-refractivity contribution in [2.75, 3.05) is 26.2 Å². The van der Waals surface area contributed by atoms with Crippen molar-refractivity contribution in [3.8, 4) is 11.4 Å². The molecule has 0 bridgehead atoms. The lowest BCUT2D eigenvalue weighted by molar-refractivity contribution is 0.144. The van der Waals surface area contributed by atoms with Gasteiger partial charge in [0.1, 0.15) is 0 Å². The molecule has 1 fully saturated rings. The van der Waals surface area contributed by atoms with Gasteiger partial charge in [-0.05, 0) is 48.0 Å². The highest BCUT2D eigenvalue weighted by Crippen LogP contribution is 2.22. The summed E-state index contributed by atoms with van der Waals surface area (Å²) >= 11 is 5.57. The van der Waals surface area contributed by atoms with Gasteiger partial charge in [-0.25, -0.2) is 13.1 Å². The molecule has 1 aliphatic rings. The van der Waals surface area contributed by atoms with E-state index in [-0.39, 0.29) is 0 Å². The normalized spacial score (nSPS) is 16.0. The van der Waals surface area contributed by atoms with Crippen LogP contribution in [0.5, 0.6) is 0 Å². The first-order valence-electron chi connectivity index (χ1n) is 10.6. The Balaban J connectivity index is 1.43. The maximum absolute atomic E-state index is 13.1. The summed E-state index contributed by atoms with van der Waals surface area (Å²) in [6.07, 6.45) is 3.46. The van der Waals surface area contributed by atoms with Crippen molar-refractivity contribution in [3.63, 3.8) is 0 Å². The Hall–Kier alpha value is -2.40. The minimum absolute atomic E-state index is 0.351. The first kappa shape index (κ1) is 22.8. The van der Waals surface area contributed by atoms with E-state index in [9.17, 15) is 8.42 Å². The smallest absolute Gasteiger partial charge is 0.243 e. The van der Waals surface area contributed by atoms with Gasteiger partial charge in [0, 0.05) is 51.2 Å².